The quantitative estimate of drug-likeness (QED) is 0.757. The average Bonchev–Trinajstić information content (AvgIpc) is 2.72. The van der Waals surface area contributed by atoms with Gasteiger partial charge in [-0.3, -0.25) is 0 Å². The van der Waals surface area contributed by atoms with Gasteiger partial charge in [-0.15, -0.1) is 11.3 Å². The van der Waals surface area contributed by atoms with E-state index in [0.717, 1.165) is 19.5 Å². The highest BCUT2D eigenvalue weighted by Crippen LogP contribution is 2.31. The lowest BCUT2D eigenvalue weighted by atomic mass is 9.85. The third kappa shape index (κ3) is 3.33. The van der Waals surface area contributed by atoms with Crippen LogP contribution in [0.1, 0.15) is 32.8 Å². The molecule has 1 aromatic carbocycles. The molecular weight excluding hydrogens is 238 g/mol. The number of nitrogens with one attached hydrogen (secondary N) is 1. The monoisotopic (exact) mass is 261 g/mol. The van der Waals surface area contributed by atoms with Crippen LogP contribution in [0.2, 0.25) is 0 Å². The van der Waals surface area contributed by atoms with Crippen LogP contribution in [0.15, 0.2) is 29.6 Å². The van der Waals surface area contributed by atoms with E-state index in [0.29, 0.717) is 5.41 Å². The zero-order valence-electron chi connectivity index (χ0n) is 11.6. The fourth-order valence-electron chi connectivity index (χ4n) is 2.35. The van der Waals surface area contributed by atoms with Crippen molar-refractivity contribution in [3.05, 3.63) is 35.2 Å². The molecule has 1 N–H and O–H groups in total. The number of hydrogen-bond donors (Lipinski definition) is 1. The van der Waals surface area contributed by atoms with Crippen LogP contribution < -0.4 is 5.32 Å². The van der Waals surface area contributed by atoms with Crippen LogP contribution in [-0.4, -0.2) is 13.1 Å². The van der Waals surface area contributed by atoms with Crippen LogP contribution in [0, 0.1) is 5.41 Å². The minimum atomic E-state index is 0.318. The van der Waals surface area contributed by atoms with Crippen molar-refractivity contribution in [1.82, 2.24) is 5.32 Å². The molecule has 2 heteroatoms. The molecule has 0 bridgehead atoms. The van der Waals surface area contributed by atoms with E-state index in [2.05, 4.69) is 55.7 Å². The maximum absolute atomic E-state index is 3.54. The number of benzene rings is 1. The first kappa shape index (κ1) is 13.6. The zero-order chi connectivity index (χ0) is 13.0. The molecule has 0 unspecified atom stereocenters. The number of thiophene rings is 1. The van der Waals surface area contributed by atoms with Crippen molar-refractivity contribution < 1.29 is 0 Å². The molecule has 0 saturated carbocycles. The molecule has 18 heavy (non-hydrogen) atoms. The molecule has 0 amide bonds. The minimum Gasteiger partial charge on any atom is -0.316 e. The maximum Gasteiger partial charge on any atom is 0.0345 e. The van der Waals surface area contributed by atoms with E-state index in [4.69, 9.17) is 0 Å². The molecule has 0 aliphatic heterocycles. The van der Waals surface area contributed by atoms with Crippen molar-refractivity contribution >= 4 is 21.4 Å². The second kappa shape index (κ2) is 5.85. The van der Waals surface area contributed by atoms with Gasteiger partial charge in [0, 0.05) is 11.2 Å². The van der Waals surface area contributed by atoms with Gasteiger partial charge in [0.15, 0.2) is 0 Å². The molecule has 0 radical (unpaired) electrons. The van der Waals surface area contributed by atoms with E-state index in [1.165, 1.54) is 22.1 Å². The summed E-state index contributed by atoms with van der Waals surface area (Å²) in [4.78, 5) is 0. The van der Waals surface area contributed by atoms with Crippen LogP contribution >= 0.6 is 11.3 Å². The molecular formula is C16H23NS. The Bertz CT molecular complexity index is 499. The van der Waals surface area contributed by atoms with Gasteiger partial charge in [0.05, 0.1) is 0 Å². The van der Waals surface area contributed by atoms with Gasteiger partial charge in [-0.25, -0.2) is 0 Å². The molecule has 0 aliphatic rings. The molecule has 1 aromatic heterocycles. The fraction of sp³-hybridized carbons (Fsp3) is 0.500. The summed E-state index contributed by atoms with van der Waals surface area (Å²) in [7, 11) is 0. The highest BCUT2D eigenvalue weighted by molar-refractivity contribution is 7.17. The lowest BCUT2D eigenvalue weighted by molar-refractivity contribution is 0.340. The lowest BCUT2D eigenvalue weighted by Crippen LogP contribution is -2.31. The number of hydrogen-bond acceptors (Lipinski definition) is 2. The third-order valence-corrected chi connectivity index (χ3v) is 4.27. The Hall–Kier alpha value is -0.860. The van der Waals surface area contributed by atoms with Crippen molar-refractivity contribution in [1.29, 1.82) is 0 Å². The lowest BCUT2D eigenvalue weighted by Gasteiger charge is -2.25. The standard InChI is InChI=1S/C16H23NS/c1-4-9-17-12-16(2,3)10-13-11-18-15-8-6-5-7-14(13)15/h5-8,11,17H,4,9-10,12H2,1-3H3. The van der Waals surface area contributed by atoms with Crippen molar-refractivity contribution in [3.8, 4) is 0 Å². The molecule has 0 fully saturated rings. The third-order valence-electron chi connectivity index (χ3n) is 3.26. The summed E-state index contributed by atoms with van der Waals surface area (Å²) in [5.74, 6) is 0. The number of fused-ring (bicyclic) bond motifs is 1. The van der Waals surface area contributed by atoms with Gasteiger partial charge in [0.25, 0.3) is 0 Å². The molecule has 2 aromatic rings. The largest absolute Gasteiger partial charge is 0.316 e. The molecule has 0 atom stereocenters. The molecule has 1 heterocycles. The topological polar surface area (TPSA) is 12.0 Å². The van der Waals surface area contributed by atoms with Gasteiger partial charge >= 0.3 is 0 Å². The van der Waals surface area contributed by atoms with E-state index in [9.17, 15) is 0 Å². The Kier molecular flexibility index (Phi) is 4.41. The van der Waals surface area contributed by atoms with Gasteiger partial charge in [0.2, 0.25) is 0 Å². The normalized spacial score (nSPS) is 12.2. The average molecular weight is 261 g/mol. The summed E-state index contributed by atoms with van der Waals surface area (Å²) in [6, 6.07) is 8.72. The molecule has 0 spiro atoms. The van der Waals surface area contributed by atoms with Crippen LogP contribution in [-0.2, 0) is 6.42 Å². The van der Waals surface area contributed by atoms with Crippen LogP contribution in [0.5, 0.6) is 0 Å². The van der Waals surface area contributed by atoms with Crippen LogP contribution in [0.3, 0.4) is 0 Å². The Morgan fingerprint density at radius 1 is 1.22 bits per heavy atom. The van der Waals surface area contributed by atoms with Gasteiger partial charge < -0.3 is 5.32 Å². The first-order chi connectivity index (χ1) is 8.62. The summed E-state index contributed by atoms with van der Waals surface area (Å²) < 4.78 is 1.41. The van der Waals surface area contributed by atoms with Crippen LogP contribution in [0.25, 0.3) is 10.1 Å². The molecule has 0 aliphatic carbocycles. The first-order valence-electron chi connectivity index (χ1n) is 6.78. The van der Waals surface area contributed by atoms with Gasteiger partial charge in [0.1, 0.15) is 0 Å². The second-order valence-corrected chi connectivity index (χ2v) is 6.69. The van der Waals surface area contributed by atoms with E-state index >= 15 is 0 Å². The summed E-state index contributed by atoms with van der Waals surface area (Å²) >= 11 is 1.86. The zero-order valence-corrected chi connectivity index (χ0v) is 12.4. The maximum atomic E-state index is 3.54. The van der Waals surface area contributed by atoms with Crippen molar-refractivity contribution in [2.24, 2.45) is 5.41 Å². The van der Waals surface area contributed by atoms with E-state index in [1.807, 2.05) is 11.3 Å². The van der Waals surface area contributed by atoms with E-state index in [-0.39, 0.29) is 0 Å². The summed E-state index contributed by atoms with van der Waals surface area (Å²) in [6.07, 6.45) is 2.35. The Morgan fingerprint density at radius 2 is 2.00 bits per heavy atom. The summed E-state index contributed by atoms with van der Waals surface area (Å²) in [5.41, 5.74) is 1.82. The molecule has 2 rings (SSSR count). The molecule has 1 nitrogen and oxygen atoms in total. The molecule has 98 valence electrons. The van der Waals surface area contributed by atoms with Crippen molar-refractivity contribution in [2.45, 2.75) is 33.6 Å². The highest BCUT2D eigenvalue weighted by Gasteiger charge is 2.19. The van der Waals surface area contributed by atoms with Gasteiger partial charge in [-0.1, -0.05) is 39.0 Å². The van der Waals surface area contributed by atoms with Gasteiger partial charge in [-0.05, 0) is 47.2 Å². The first-order valence-corrected chi connectivity index (χ1v) is 7.66. The van der Waals surface area contributed by atoms with Crippen LogP contribution in [0.4, 0.5) is 0 Å². The predicted molar refractivity (Wildman–Crippen MR) is 82.5 cm³/mol. The van der Waals surface area contributed by atoms with Crippen molar-refractivity contribution in [2.75, 3.05) is 13.1 Å². The molecule has 0 saturated heterocycles. The second-order valence-electron chi connectivity index (χ2n) is 5.77. The summed E-state index contributed by atoms with van der Waals surface area (Å²) in [6.45, 7) is 9.12. The van der Waals surface area contributed by atoms with E-state index < -0.39 is 0 Å². The SMILES string of the molecule is CCCNCC(C)(C)Cc1csc2ccccc12. The predicted octanol–water partition coefficient (Wildman–Crippen LogP) is 4.47. The Morgan fingerprint density at radius 3 is 2.78 bits per heavy atom. The van der Waals surface area contributed by atoms with Crippen molar-refractivity contribution in [3.63, 3.8) is 0 Å². The highest BCUT2D eigenvalue weighted by atomic mass is 32.1. The Labute approximate surface area is 114 Å². The minimum absolute atomic E-state index is 0.318. The fourth-order valence-corrected chi connectivity index (χ4v) is 3.31. The van der Waals surface area contributed by atoms with E-state index in [1.54, 1.807) is 0 Å². The Balaban J connectivity index is 2.08. The summed E-state index contributed by atoms with van der Waals surface area (Å²) in [5, 5.41) is 7.30. The smallest absolute Gasteiger partial charge is 0.0345 e. The van der Waals surface area contributed by atoms with Gasteiger partial charge in [-0.2, -0.15) is 0 Å². The number of rotatable bonds is 6.